The average Bonchev–Trinajstić information content (AvgIpc) is 3.27. The topological polar surface area (TPSA) is 67.7 Å². The minimum absolute atomic E-state index is 0.160. The Morgan fingerprint density at radius 2 is 1.76 bits per heavy atom. The van der Waals surface area contributed by atoms with Crippen molar-refractivity contribution in [3.8, 4) is 5.75 Å². The fraction of sp³-hybridized carbons (Fsp3) is 0.577. The molecule has 0 atom stereocenters. The second-order valence-electron chi connectivity index (χ2n) is 9.69. The Kier molecular flexibility index (Phi) is 8.14. The Morgan fingerprint density at radius 1 is 1.03 bits per heavy atom. The third kappa shape index (κ3) is 6.32. The molecule has 0 spiro atoms. The van der Waals surface area contributed by atoms with E-state index < -0.39 is 0 Å². The van der Waals surface area contributed by atoms with Crippen molar-refractivity contribution in [1.82, 2.24) is 19.6 Å². The van der Waals surface area contributed by atoms with Gasteiger partial charge in [-0.15, -0.1) is 0 Å². The van der Waals surface area contributed by atoms with Gasteiger partial charge in [0.25, 0.3) is 0 Å². The first kappa shape index (κ1) is 24.6. The number of amides is 2. The smallest absolute Gasteiger partial charge is 0.223 e. The van der Waals surface area contributed by atoms with E-state index in [-0.39, 0.29) is 17.2 Å². The number of likely N-dealkylation sites (tertiary alicyclic amines) is 2. The highest BCUT2D eigenvalue weighted by atomic mass is 35.5. The van der Waals surface area contributed by atoms with Crippen molar-refractivity contribution in [1.29, 1.82) is 0 Å². The Labute approximate surface area is 207 Å². The van der Waals surface area contributed by atoms with Gasteiger partial charge < -0.3 is 14.5 Å². The van der Waals surface area contributed by atoms with Gasteiger partial charge in [-0.25, -0.2) is 0 Å². The van der Waals surface area contributed by atoms with Crippen LogP contribution in [0.2, 0.25) is 5.02 Å². The molecule has 2 saturated heterocycles. The van der Waals surface area contributed by atoms with E-state index in [1.807, 2.05) is 45.8 Å². The maximum Gasteiger partial charge on any atom is 0.223 e. The third-order valence-electron chi connectivity index (χ3n) is 7.27. The molecule has 0 unspecified atom stereocenters. The SMILES string of the molecule is Cn1nccc1CCC(=O)N1CCC(COc2cccc(Cl)c2)(CC(=O)N2CCCCC2)CC1. The zero-order valence-corrected chi connectivity index (χ0v) is 20.8. The standard InChI is InChI=1S/C26H35ClN4O3/c1-29-22(10-13-28-29)8-9-24(32)31-16-11-26(12-17-31,19-25(33)30-14-3-2-4-15-30)20-34-23-7-5-6-21(27)18-23/h5-7,10,13,18H,2-4,8-9,11-12,14-17,19-20H2,1H3. The van der Waals surface area contributed by atoms with Gasteiger partial charge in [0.15, 0.2) is 0 Å². The van der Waals surface area contributed by atoms with Crippen molar-refractivity contribution in [3.63, 3.8) is 0 Å². The summed E-state index contributed by atoms with van der Waals surface area (Å²) in [5.74, 6) is 1.09. The zero-order chi connectivity index (χ0) is 24.0. The van der Waals surface area contributed by atoms with Crippen molar-refractivity contribution in [2.24, 2.45) is 12.5 Å². The first-order valence-electron chi connectivity index (χ1n) is 12.3. The lowest BCUT2D eigenvalue weighted by Gasteiger charge is -2.42. The van der Waals surface area contributed by atoms with E-state index in [1.165, 1.54) is 6.42 Å². The van der Waals surface area contributed by atoms with Crippen LogP contribution in [-0.4, -0.2) is 64.2 Å². The summed E-state index contributed by atoms with van der Waals surface area (Å²) in [6, 6.07) is 9.34. The first-order chi connectivity index (χ1) is 16.4. The van der Waals surface area contributed by atoms with E-state index in [4.69, 9.17) is 16.3 Å². The molecule has 1 aromatic heterocycles. The van der Waals surface area contributed by atoms with Crippen LogP contribution in [0.3, 0.4) is 0 Å². The van der Waals surface area contributed by atoms with Crippen LogP contribution >= 0.6 is 11.6 Å². The predicted octanol–water partition coefficient (Wildman–Crippen LogP) is 4.10. The molecule has 8 heteroatoms. The third-order valence-corrected chi connectivity index (χ3v) is 7.51. The summed E-state index contributed by atoms with van der Waals surface area (Å²) in [7, 11) is 1.90. The number of ether oxygens (including phenoxy) is 1. The molecule has 0 radical (unpaired) electrons. The van der Waals surface area contributed by atoms with E-state index >= 15 is 0 Å². The van der Waals surface area contributed by atoms with Crippen LogP contribution < -0.4 is 4.74 Å². The molecule has 2 aromatic rings. The molecule has 0 N–H and O–H groups in total. The Bertz CT molecular complexity index is 978. The summed E-state index contributed by atoms with van der Waals surface area (Å²) in [6.45, 7) is 3.45. The van der Waals surface area contributed by atoms with Gasteiger partial charge in [0.2, 0.25) is 11.8 Å². The quantitative estimate of drug-likeness (QED) is 0.563. The van der Waals surface area contributed by atoms with Crippen LogP contribution in [-0.2, 0) is 23.1 Å². The molecular weight excluding hydrogens is 452 g/mol. The number of hydrogen-bond donors (Lipinski definition) is 0. The van der Waals surface area contributed by atoms with Crippen LogP contribution in [0.15, 0.2) is 36.5 Å². The molecule has 3 heterocycles. The Morgan fingerprint density at radius 3 is 2.44 bits per heavy atom. The molecule has 184 valence electrons. The number of rotatable bonds is 8. The molecule has 2 aliphatic rings. The number of nitrogens with zero attached hydrogens (tertiary/aromatic N) is 4. The summed E-state index contributed by atoms with van der Waals surface area (Å²) in [5.41, 5.74) is 0.775. The normalized spacial score (nSPS) is 18.1. The van der Waals surface area contributed by atoms with E-state index in [1.54, 1.807) is 12.3 Å². The van der Waals surface area contributed by atoms with Crippen molar-refractivity contribution in [2.75, 3.05) is 32.8 Å². The van der Waals surface area contributed by atoms with E-state index in [9.17, 15) is 9.59 Å². The maximum atomic E-state index is 13.2. The number of carbonyl (C=O) groups excluding carboxylic acids is 2. The number of aryl methyl sites for hydroxylation is 2. The largest absolute Gasteiger partial charge is 0.493 e. The number of carbonyl (C=O) groups is 2. The number of hydrogen-bond acceptors (Lipinski definition) is 4. The molecule has 2 amide bonds. The lowest BCUT2D eigenvalue weighted by atomic mass is 9.75. The van der Waals surface area contributed by atoms with Gasteiger partial charge in [-0.05, 0) is 62.8 Å². The monoisotopic (exact) mass is 486 g/mol. The van der Waals surface area contributed by atoms with E-state index in [0.29, 0.717) is 49.7 Å². The van der Waals surface area contributed by atoms with Crippen molar-refractivity contribution < 1.29 is 14.3 Å². The highest BCUT2D eigenvalue weighted by molar-refractivity contribution is 6.30. The molecule has 2 fully saturated rings. The average molecular weight is 487 g/mol. The molecule has 34 heavy (non-hydrogen) atoms. The molecular formula is C26H35ClN4O3. The lowest BCUT2D eigenvalue weighted by molar-refractivity contribution is -0.138. The Balaban J connectivity index is 1.38. The van der Waals surface area contributed by atoms with Gasteiger partial charge in [0.05, 0.1) is 6.61 Å². The fourth-order valence-electron chi connectivity index (χ4n) is 5.01. The molecule has 0 bridgehead atoms. The van der Waals surface area contributed by atoms with Crippen molar-refractivity contribution in [2.45, 2.75) is 51.4 Å². The van der Waals surface area contributed by atoms with Gasteiger partial charge in [-0.3, -0.25) is 14.3 Å². The van der Waals surface area contributed by atoms with Gasteiger partial charge >= 0.3 is 0 Å². The minimum Gasteiger partial charge on any atom is -0.493 e. The summed E-state index contributed by atoms with van der Waals surface area (Å²) < 4.78 is 7.97. The van der Waals surface area contributed by atoms with Crippen LogP contribution in [0.4, 0.5) is 0 Å². The van der Waals surface area contributed by atoms with Crippen LogP contribution in [0, 0.1) is 5.41 Å². The molecule has 7 nitrogen and oxygen atoms in total. The van der Waals surface area contributed by atoms with Crippen LogP contribution in [0.25, 0.3) is 0 Å². The summed E-state index contributed by atoms with van der Waals surface area (Å²) in [5, 5.41) is 4.81. The summed E-state index contributed by atoms with van der Waals surface area (Å²) in [4.78, 5) is 30.0. The second-order valence-corrected chi connectivity index (χ2v) is 10.1. The van der Waals surface area contributed by atoms with Crippen molar-refractivity contribution >= 4 is 23.4 Å². The van der Waals surface area contributed by atoms with Gasteiger partial charge in [0.1, 0.15) is 5.75 Å². The van der Waals surface area contributed by atoms with E-state index in [0.717, 1.165) is 44.5 Å². The van der Waals surface area contributed by atoms with Gasteiger partial charge in [-0.1, -0.05) is 17.7 Å². The molecule has 1 aromatic carbocycles. The number of benzene rings is 1. The van der Waals surface area contributed by atoms with Gasteiger partial charge in [0, 0.05) is 68.4 Å². The first-order valence-corrected chi connectivity index (χ1v) is 12.7. The number of halogens is 1. The lowest BCUT2D eigenvalue weighted by Crippen LogP contribution is -2.48. The molecule has 0 aliphatic carbocycles. The van der Waals surface area contributed by atoms with Crippen LogP contribution in [0.5, 0.6) is 5.75 Å². The fourth-order valence-corrected chi connectivity index (χ4v) is 5.19. The van der Waals surface area contributed by atoms with E-state index in [2.05, 4.69) is 5.10 Å². The molecule has 4 rings (SSSR count). The second kappa shape index (κ2) is 11.3. The van der Waals surface area contributed by atoms with Gasteiger partial charge in [-0.2, -0.15) is 5.10 Å². The highest BCUT2D eigenvalue weighted by Gasteiger charge is 2.39. The zero-order valence-electron chi connectivity index (χ0n) is 20.0. The predicted molar refractivity (Wildman–Crippen MR) is 132 cm³/mol. The van der Waals surface area contributed by atoms with Crippen LogP contribution in [0.1, 0.15) is 50.6 Å². The summed E-state index contributed by atoms with van der Waals surface area (Å²) in [6.07, 6.45) is 8.24. The minimum atomic E-state index is -0.282. The summed E-state index contributed by atoms with van der Waals surface area (Å²) >= 11 is 6.13. The molecule has 0 saturated carbocycles. The molecule has 2 aliphatic heterocycles. The number of piperidine rings is 2. The highest BCUT2D eigenvalue weighted by Crippen LogP contribution is 2.37. The maximum absolute atomic E-state index is 13.2. The van der Waals surface area contributed by atoms with Crippen molar-refractivity contribution in [3.05, 3.63) is 47.2 Å². The number of aromatic nitrogens is 2. The Hall–Kier alpha value is -2.54.